The second kappa shape index (κ2) is 6.56. The van der Waals surface area contributed by atoms with E-state index in [2.05, 4.69) is 0 Å². The van der Waals surface area contributed by atoms with E-state index >= 15 is 0 Å². The molecule has 1 aromatic rings. The molecule has 0 bridgehead atoms. The third-order valence-electron chi connectivity index (χ3n) is 2.72. The van der Waals surface area contributed by atoms with Gasteiger partial charge in [0.25, 0.3) is 5.56 Å². The normalized spacial score (nSPS) is 11.4. The van der Waals surface area contributed by atoms with Crippen LogP contribution in [0.3, 0.4) is 0 Å². The molecule has 1 heterocycles. The molecule has 0 aliphatic heterocycles. The molecule has 1 N–H and O–H groups in total. The minimum atomic E-state index is -4.58. The van der Waals surface area contributed by atoms with E-state index in [-0.39, 0.29) is 13.2 Å². The van der Waals surface area contributed by atoms with Crippen molar-refractivity contribution in [2.45, 2.75) is 19.6 Å². The lowest BCUT2D eigenvalue weighted by atomic mass is 10.2. The molecule has 1 amide bonds. The van der Waals surface area contributed by atoms with Crippen LogP contribution in [0, 0.1) is 0 Å². The number of rotatable bonds is 5. The highest BCUT2D eigenvalue weighted by Gasteiger charge is 2.31. The van der Waals surface area contributed by atoms with Gasteiger partial charge in [-0.15, -0.1) is 0 Å². The van der Waals surface area contributed by atoms with Crippen molar-refractivity contribution < 1.29 is 23.1 Å². The average molecular weight is 292 g/mol. The van der Waals surface area contributed by atoms with Crippen molar-refractivity contribution in [2.24, 2.45) is 0 Å². The third-order valence-corrected chi connectivity index (χ3v) is 2.72. The second-order valence-electron chi connectivity index (χ2n) is 4.08. The van der Waals surface area contributed by atoms with Crippen LogP contribution in [0.15, 0.2) is 23.1 Å². The summed E-state index contributed by atoms with van der Waals surface area (Å²) in [5.41, 5.74) is -1.68. The van der Waals surface area contributed by atoms with Gasteiger partial charge in [-0.05, 0) is 13.0 Å². The van der Waals surface area contributed by atoms with Crippen molar-refractivity contribution in [1.82, 2.24) is 9.47 Å². The molecule has 5 nitrogen and oxygen atoms in total. The van der Waals surface area contributed by atoms with Crippen molar-refractivity contribution in [3.63, 3.8) is 0 Å². The monoisotopic (exact) mass is 292 g/mol. The first kappa shape index (κ1) is 16.2. The van der Waals surface area contributed by atoms with E-state index in [9.17, 15) is 22.8 Å². The first-order valence-corrected chi connectivity index (χ1v) is 5.96. The smallest absolute Gasteiger partial charge is 0.395 e. The van der Waals surface area contributed by atoms with Gasteiger partial charge in [0.05, 0.1) is 12.2 Å². The van der Waals surface area contributed by atoms with Gasteiger partial charge in [-0.25, -0.2) is 0 Å². The summed E-state index contributed by atoms with van der Waals surface area (Å²) in [6, 6.07) is 1.45. The van der Waals surface area contributed by atoms with Crippen molar-refractivity contribution in [1.29, 1.82) is 0 Å². The Morgan fingerprint density at radius 1 is 1.40 bits per heavy atom. The molecule has 0 saturated heterocycles. The summed E-state index contributed by atoms with van der Waals surface area (Å²) in [6.45, 7) is 1.30. The fourth-order valence-corrected chi connectivity index (χ4v) is 1.65. The van der Waals surface area contributed by atoms with Crippen LogP contribution >= 0.6 is 0 Å². The van der Waals surface area contributed by atoms with E-state index in [1.54, 1.807) is 6.92 Å². The number of carbonyl (C=O) groups excluding carboxylic acids is 1. The molecule has 20 heavy (non-hydrogen) atoms. The molecule has 1 aromatic heterocycles. The number of likely N-dealkylation sites (N-methyl/N-ethyl adjacent to an activating group) is 1. The highest BCUT2D eigenvalue weighted by atomic mass is 19.4. The molecule has 0 aliphatic carbocycles. The molecule has 112 valence electrons. The highest BCUT2D eigenvalue weighted by molar-refractivity contribution is 5.75. The number of alkyl halides is 3. The third kappa shape index (κ3) is 4.09. The Balaban J connectivity index is 2.97. The predicted octanol–water partition coefficient (Wildman–Crippen LogP) is 0.708. The zero-order chi connectivity index (χ0) is 15.3. The number of aliphatic hydroxyl groups is 1. The first-order valence-electron chi connectivity index (χ1n) is 5.96. The van der Waals surface area contributed by atoms with Gasteiger partial charge < -0.3 is 14.6 Å². The average Bonchev–Trinajstić information content (AvgIpc) is 2.37. The van der Waals surface area contributed by atoms with Gasteiger partial charge >= 0.3 is 6.18 Å². The molecule has 0 spiro atoms. The molecule has 8 heteroatoms. The molecule has 0 aliphatic rings. The number of hydrogen-bond acceptors (Lipinski definition) is 3. The first-order chi connectivity index (χ1) is 9.29. The topological polar surface area (TPSA) is 62.5 Å². The summed E-state index contributed by atoms with van der Waals surface area (Å²) in [7, 11) is 0. The summed E-state index contributed by atoms with van der Waals surface area (Å²) in [6.07, 6.45) is -3.96. The van der Waals surface area contributed by atoms with Crippen LogP contribution < -0.4 is 5.56 Å². The van der Waals surface area contributed by atoms with Gasteiger partial charge in [-0.1, -0.05) is 0 Å². The van der Waals surface area contributed by atoms with Crippen LogP contribution in [-0.4, -0.2) is 40.2 Å². The van der Waals surface area contributed by atoms with E-state index in [0.717, 1.165) is 6.07 Å². The number of nitrogens with zero attached hydrogens (tertiary/aromatic N) is 2. The summed E-state index contributed by atoms with van der Waals surface area (Å²) < 4.78 is 38.3. The lowest BCUT2D eigenvalue weighted by molar-refractivity contribution is -0.138. The number of halogens is 3. The lowest BCUT2D eigenvalue weighted by Crippen LogP contribution is -2.38. The molecule has 0 atom stereocenters. The molecule has 0 fully saturated rings. The Morgan fingerprint density at radius 2 is 2.05 bits per heavy atom. The maximum Gasteiger partial charge on any atom is 0.417 e. The number of hydrogen-bond donors (Lipinski definition) is 1. The zero-order valence-corrected chi connectivity index (χ0v) is 10.9. The van der Waals surface area contributed by atoms with Crippen LogP contribution in [-0.2, 0) is 17.5 Å². The number of aliphatic hydroxyl groups excluding tert-OH is 1. The molecule has 1 rings (SSSR count). The fourth-order valence-electron chi connectivity index (χ4n) is 1.65. The van der Waals surface area contributed by atoms with Crippen LogP contribution in [0.25, 0.3) is 0 Å². The Bertz CT molecular complexity index is 525. The maximum atomic E-state index is 12.5. The molecule has 0 saturated carbocycles. The second-order valence-corrected chi connectivity index (χ2v) is 4.08. The van der Waals surface area contributed by atoms with Gasteiger partial charge in [0.15, 0.2) is 0 Å². The predicted molar refractivity (Wildman–Crippen MR) is 65.0 cm³/mol. The summed E-state index contributed by atoms with van der Waals surface area (Å²) in [5, 5.41) is 8.78. The van der Waals surface area contributed by atoms with E-state index in [4.69, 9.17) is 5.11 Å². The number of carbonyl (C=O) groups is 1. The lowest BCUT2D eigenvalue weighted by Gasteiger charge is -2.20. The Hall–Kier alpha value is -1.83. The minimum Gasteiger partial charge on any atom is -0.395 e. The van der Waals surface area contributed by atoms with E-state index in [1.165, 1.54) is 4.90 Å². The maximum absolute atomic E-state index is 12.5. The van der Waals surface area contributed by atoms with Gasteiger partial charge in [-0.2, -0.15) is 13.2 Å². The summed E-state index contributed by atoms with van der Waals surface area (Å²) >= 11 is 0. The summed E-state index contributed by atoms with van der Waals surface area (Å²) in [4.78, 5) is 24.6. The van der Waals surface area contributed by atoms with Crippen LogP contribution in [0.1, 0.15) is 12.5 Å². The van der Waals surface area contributed by atoms with Crippen LogP contribution in [0.2, 0.25) is 0 Å². The van der Waals surface area contributed by atoms with Crippen molar-refractivity contribution in [3.8, 4) is 0 Å². The molecule has 0 radical (unpaired) electrons. The Morgan fingerprint density at radius 3 is 2.55 bits per heavy atom. The standard InChI is InChI=1S/C12H15F3N2O3/c1-2-16(5-6-18)11(20)8-17-7-9(12(13,14)15)3-4-10(17)19/h3-4,7,18H,2,5-6,8H2,1H3. The highest BCUT2D eigenvalue weighted by Crippen LogP contribution is 2.27. The minimum absolute atomic E-state index is 0.0725. The zero-order valence-electron chi connectivity index (χ0n) is 10.9. The quantitative estimate of drug-likeness (QED) is 0.869. The summed E-state index contributed by atoms with van der Waals surface area (Å²) in [5.74, 6) is -0.525. The number of aromatic nitrogens is 1. The van der Waals surface area contributed by atoms with E-state index in [0.29, 0.717) is 23.4 Å². The Kier molecular flexibility index (Phi) is 5.32. The Labute approximate surface area is 113 Å². The fraction of sp³-hybridized carbons (Fsp3) is 0.500. The van der Waals surface area contributed by atoms with Crippen molar-refractivity contribution in [3.05, 3.63) is 34.2 Å². The molecular formula is C12H15F3N2O3. The van der Waals surface area contributed by atoms with Gasteiger partial charge in [-0.3, -0.25) is 9.59 Å². The van der Waals surface area contributed by atoms with Gasteiger partial charge in [0.1, 0.15) is 6.54 Å². The number of amides is 1. The number of pyridine rings is 1. The largest absolute Gasteiger partial charge is 0.417 e. The van der Waals surface area contributed by atoms with Gasteiger partial charge in [0, 0.05) is 25.4 Å². The molecular weight excluding hydrogens is 277 g/mol. The SMILES string of the molecule is CCN(CCO)C(=O)Cn1cc(C(F)(F)F)ccc1=O. The van der Waals surface area contributed by atoms with Crippen molar-refractivity contribution in [2.75, 3.05) is 19.7 Å². The van der Waals surface area contributed by atoms with E-state index < -0.39 is 29.8 Å². The van der Waals surface area contributed by atoms with Crippen LogP contribution in [0.5, 0.6) is 0 Å². The van der Waals surface area contributed by atoms with E-state index in [1.807, 2.05) is 0 Å². The van der Waals surface area contributed by atoms with Crippen molar-refractivity contribution >= 4 is 5.91 Å². The van der Waals surface area contributed by atoms with Crippen LogP contribution in [0.4, 0.5) is 13.2 Å². The molecule has 0 unspecified atom stereocenters. The van der Waals surface area contributed by atoms with Gasteiger partial charge in [0.2, 0.25) is 5.91 Å². The molecule has 0 aromatic carbocycles.